The van der Waals surface area contributed by atoms with Crippen molar-refractivity contribution in [3.8, 4) is 0 Å². The molecule has 1 atom stereocenters. The van der Waals surface area contributed by atoms with Gasteiger partial charge < -0.3 is 9.88 Å². The maximum atomic E-state index is 12.6. The summed E-state index contributed by atoms with van der Waals surface area (Å²) in [6.07, 6.45) is 4.92. The molecule has 9 heteroatoms. The number of rotatable bonds is 5. The van der Waals surface area contributed by atoms with Crippen LogP contribution in [0.5, 0.6) is 0 Å². The maximum absolute atomic E-state index is 12.6. The van der Waals surface area contributed by atoms with E-state index in [4.69, 9.17) is 0 Å². The lowest BCUT2D eigenvalue weighted by molar-refractivity contribution is -0.122. The van der Waals surface area contributed by atoms with Crippen LogP contribution in [0.15, 0.2) is 34.1 Å². The standard InChI is InChI=1S/C15H20N4O3S2/c1-12-16-6-8-18(12)11-14(20)17-13-4-2-7-19(10-13)24(21,22)15-5-3-9-23-15/h3,5-6,8-9,13H,2,4,7,10-11H2,1H3,(H,17,20)/t13-/m1/s1. The quantitative estimate of drug-likeness (QED) is 0.860. The summed E-state index contributed by atoms with van der Waals surface area (Å²) in [6, 6.07) is 3.18. The second kappa shape index (κ2) is 7.04. The molecule has 3 heterocycles. The van der Waals surface area contributed by atoms with Crippen LogP contribution in [0.4, 0.5) is 0 Å². The molecule has 130 valence electrons. The Kier molecular flexibility index (Phi) is 5.02. The fraction of sp³-hybridized carbons (Fsp3) is 0.467. The van der Waals surface area contributed by atoms with Crippen molar-refractivity contribution in [3.05, 3.63) is 35.7 Å². The zero-order valence-corrected chi connectivity index (χ0v) is 15.0. The van der Waals surface area contributed by atoms with Crippen LogP contribution in [0.1, 0.15) is 18.7 Å². The predicted molar refractivity (Wildman–Crippen MR) is 91.2 cm³/mol. The third-order valence-corrected chi connectivity index (χ3v) is 7.31. The van der Waals surface area contributed by atoms with Crippen molar-refractivity contribution >= 4 is 27.3 Å². The minimum absolute atomic E-state index is 0.128. The van der Waals surface area contributed by atoms with Crippen molar-refractivity contribution in [2.75, 3.05) is 13.1 Å². The van der Waals surface area contributed by atoms with Gasteiger partial charge >= 0.3 is 0 Å². The highest BCUT2D eigenvalue weighted by atomic mass is 32.2. The van der Waals surface area contributed by atoms with Crippen LogP contribution in [0.3, 0.4) is 0 Å². The molecule has 3 rings (SSSR count). The summed E-state index contributed by atoms with van der Waals surface area (Å²) in [5.41, 5.74) is 0. The lowest BCUT2D eigenvalue weighted by atomic mass is 10.1. The molecular weight excluding hydrogens is 348 g/mol. The number of sulfonamides is 1. The largest absolute Gasteiger partial charge is 0.350 e. The van der Waals surface area contributed by atoms with Gasteiger partial charge in [-0.1, -0.05) is 6.07 Å². The summed E-state index contributed by atoms with van der Waals surface area (Å²) in [5.74, 6) is 0.646. The van der Waals surface area contributed by atoms with E-state index in [9.17, 15) is 13.2 Å². The SMILES string of the molecule is Cc1nccn1CC(=O)N[C@@H]1CCCN(S(=O)(=O)c2cccs2)C1. The number of imidazole rings is 1. The Balaban J connectivity index is 1.62. The average Bonchev–Trinajstić information content (AvgIpc) is 3.20. The molecule has 0 saturated carbocycles. The van der Waals surface area contributed by atoms with Crippen molar-refractivity contribution in [3.63, 3.8) is 0 Å². The number of carbonyl (C=O) groups excluding carboxylic acids is 1. The molecular formula is C15H20N4O3S2. The second-order valence-corrected chi connectivity index (χ2v) is 8.92. The number of nitrogens with one attached hydrogen (secondary N) is 1. The van der Waals surface area contributed by atoms with E-state index in [0.717, 1.165) is 18.7 Å². The first-order valence-electron chi connectivity index (χ1n) is 7.77. The smallest absolute Gasteiger partial charge is 0.252 e. The Morgan fingerprint density at radius 3 is 3.00 bits per heavy atom. The lowest BCUT2D eigenvalue weighted by Gasteiger charge is -2.32. The van der Waals surface area contributed by atoms with Crippen LogP contribution in [0.2, 0.25) is 0 Å². The molecule has 0 radical (unpaired) electrons. The van der Waals surface area contributed by atoms with Gasteiger partial charge in [-0.15, -0.1) is 11.3 Å². The van der Waals surface area contributed by atoms with Gasteiger partial charge in [0, 0.05) is 31.5 Å². The number of hydrogen-bond donors (Lipinski definition) is 1. The average molecular weight is 368 g/mol. The van der Waals surface area contributed by atoms with E-state index in [1.807, 2.05) is 6.92 Å². The highest BCUT2D eigenvalue weighted by molar-refractivity contribution is 7.91. The van der Waals surface area contributed by atoms with Crippen LogP contribution in [0.25, 0.3) is 0 Å². The lowest BCUT2D eigenvalue weighted by Crippen LogP contribution is -2.50. The van der Waals surface area contributed by atoms with E-state index < -0.39 is 10.0 Å². The summed E-state index contributed by atoms with van der Waals surface area (Å²) in [4.78, 5) is 16.3. The van der Waals surface area contributed by atoms with Crippen LogP contribution < -0.4 is 5.32 Å². The molecule has 0 spiro atoms. The third-order valence-electron chi connectivity index (χ3n) is 4.08. The van der Waals surface area contributed by atoms with Crippen molar-refractivity contribution in [2.24, 2.45) is 0 Å². The molecule has 0 bridgehead atoms. The highest BCUT2D eigenvalue weighted by Gasteiger charge is 2.31. The van der Waals surface area contributed by atoms with Crippen molar-refractivity contribution < 1.29 is 13.2 Å². The van der Waals surface area contributed by atoms with Crippen LogP contribution in [-0.4, -0.2) is 47.3 Å². The number of amides is 1. The van der Waals surface area contributed by atoms with Crippen LogP contribution >= 0.6 is 11.3 Å². The van der Waals surface area contributed by atoms with Gasteiger partial charge in [-0.3, -0.25) is 4.79 Å². The topological polar surface area (TPSA) is 84.3 Å². The monoisotopic (exact) mass is 368 g/mol. The van der Waals surface area contributed by atoms with Gasteiger partial charge in [0.1, 0.15) is 16.6 Å². The molecule has 2 aromatic heterocycles. The molecule has 1 saturated heterocycles. The second-order valence-electron chi connectivity index (χ2n) is 5.80. The van der Waals surface area contributed by atoms with Gasteiger partial charge in [0.05, 0.1) is 0 Å². The molecule has 1 N–H and O–H groups in total. The Morgan fingerprint density at radius 1 is 1.50 bits per heavy atom. The first-order chi connectivity index (χ1) is 11.5. The number of piperidine rings is 1. The van der Waals surface area contributed by atoms with Gasteiger partial charge in [0.15, 0.2) is 0 Å². The van der Waals surface area contributed by atoms with Gasteiger partial charge in [-0.2, -0.15) is 4.31 Å². The Hall–Kier alpha value is -1.71. The van der Waals surface area contributed by atoms with Gasteiger partial charge in [0.25, 0.3) is 10.0 Å². The third kappa shape index (κ3) is 3.68. The number of hydrogen-bond acceptors (Lipinski definition) is 5. The van der Waals surface area contributed by atoms with Gasteiger partial charge in [-0.05, 0) is 31.2 Å². The maximum Gasteiger partial charge on any atom is 0.252 e. The van der Waals surface area contributed by atoms with E-state index in [-0.39, 0.29) is 18.5 Å². The van der Waals surface area contributed by atoms with Gasteiger partial charge in [0.2, 0.25) is 5.91 Å². The summed E-state index contributed by atoms with van der Waals surface area (Å²) < 4.78 is 28.8. The fourth-order valence-corrected chi connectivity index (χ4v) is 5.48. The highest BCUT2D eigenvalue weighted by Crippen LogP contribution is 2.24. The Labute approximate surface area is 145 Å². The summed E-state index contributed by atoms with van der Waals surface area (Å²) >= 11 is 1.22. The number of aryl methyl sites for hydroxylation is 1. The number of aromatic nitrogens is 2. The summed E-state index contributed by atoms with van der Waals surface area (Å²) in [5, 5.41) is 4.69. The fourth-order valence-electron chi connectivity index (χ4n) is 2.81. The molecule has 1 fully saturated rings. The minimum Gasteiger partial charge on any atom is -0.350 e. The molecule has 0 aromatic carbocycles. The summed E-state index contributed by atoms with van der Waals surface area (Å²) in [6.45, 7) is 2.84. The molecule has 0 aliphatic carbocycles. The van der Waals surface area contributed by atoms with Crippen molar-refractivity contribution in [1.29, 1.82) is 0 Å². The van der Waals surface area contributed by atoms with E-state index in [1.54, 1.807) is 34.5 Å². The zero-order valence-electron chi connectivity index (χ0n) is 13.4. The number of nitrogens with zero attached hydrogens (tertiary/aromatic N) is 3. The van der Waals surface area contributed by atoms with E-state index in [1.165, 1.54) is 15.6 Å². The van der Waals surface area contributed by atoms with Gasteiger partial charge in [-0.25, -0.2) is 13.4 Å². The Morgan fingerprint density at radius 2 is 2.33 bits per heavy atom. The normalized spacial score (nSPS) is 19.3. The first-order valence-corrected chi connectivity index (χ1v) is 10.1. The molecule has 7 nitrogen and oxygen atoms in total. The Bertz CT molecular complexity index is 799. The van der Waals surface area contributed by atoms with Crippen LogP contribution in [-0.2, 0) is 21.4 Å². The minimum atomic E-state index is -3.46. The van der Waals surface area contributed by atoms with E-state index in [0.29, 0.717) is 17.3 Å². The molecule has 1 amide bonds. The molecule has 2 aromatic rings. The number of thiophene rings is 1. The molecule has 0 unspecified atom stereocenters. The van der Waals surface area contributed by atoms with E-state index >= 15 is 0 Å². The predicted octanol–water partition coefficient (Wildman–Crippen LogP) is 1.22. The zero-order chi connectivity index (χ0) is 17.2. The molecule has 1 aliphatic heterocycles. The first kappa shape index (κ1) is 17.1. The van der Waals surface area contributed by atoms with Crippen molar-refractivity contribution in [1.82, 2.24) is 19.2 Å². The molecule has 24 heavy (non-hydrogen) atoms. The van der Waals surface area contributed by atoms with Crippen molar-refractivity contribution in [2.45, 2.75) is 36.6 Å². The summed E-state index contributed by atoms with van der Waals surface area (Å²) in [7, 11) is -3.46. The molecule has 1 aliphatic rings. The number of carbonyl (C=O) groups is 1. The van der Waals surface area contributed by atoms with E-state index in [2.05, 4.69) is 10.3 Å². The van der Waals surface area contributed by atoms with Crippen LogP contribution in [0, 0.1) is 6.92 Å².